The number of amides is 1. The van der Waals surface area contributed by atoms with E-state index in [4.69, 9.17) is 16.3 Å². The van der Waals surface area contributed by atoms with E-state index in [2.05, 4.69) is 10.3 Å². The molecule has 0 aliphatic carbocycles. The van der Waals surface area contributed by atoms with Gasteiger partial charge in [-0.25, -0.2) is 4.98 Å². The molecule has 164 valence electrons. The normalized spacial score (nSPS) is 12.6. The van der Waals surface area contributed by atoms with Crippen molar-refractivity contribution in [3.63, 3.8) is 0 Å². The fraction of sp³-hybridized carbons (Fsp3) is 0.273. The molecule has 2 aromatic carbocycles. The standard InChI is InChI=1S/C22H20ClF3N2O2S/c1-4-18(21(29)27-16-11-13(22(24,25)26)8-9-15(16)23)31-19-10-12(2)14-6-5-7-17(30-3)20(14)28-19/h5-11,18H,4H2,1-3H3,(H,27,29). The Hall–Kier alpha value is -2.45. The quantitative estimate of drug-likeness (QED) is 0.407. The summed E-state index contributed by atoms with van der Waals surface area (Å²) in [4.78, 5) is 17.4. The van der Waals surface area contributed by atoms with Gasteiger partial charge in [-0.15, -0.1) is 0 Å². The lowest BCUT2D eigenvalue weighted by molar-refractivity contribution is -0.137. The fourth-order valence-corrected chi connectivity index (χ4v) is 4.24. The smallest absolute Gasteiger partial charge is 0.416 e. The fourth-order valence-electron chi connectivity index (χ4n) is 3.07. The van der Waals surface area contributed by atoms with E-state index in [-0.39, 0.29) is 10.7 Å². The average molecular weight is 469 g/mol. The number of alkyl halides is 3. The molecule has 0 saturated carbocycles. The molecule has 1 aromatic heterocycles. The van der Waals surface area contributed by atoms with Gasteiger partial charge >= 0.3 is 6.18 Å². The Balaban J connectivity index is 1.86. The Morgan fingerprint density at radius 1 is 1.26 bits per heavy atom. The van der Waals surface area contributed by atoms with Gasteiger partial charge in [-0.3, -0.25) is 4.79 Å². The van der Waals surface area contributed by atoms with Gasteiger partial charge in [0.15, 0.2) is 0 Å². The molecular weight excluding hydrogens is 449 g/mol. The van der Waals surface area contributed by atoms with Gasteiger partial charge in [-0.1, -0.05) is 42.4 Å². The number of anilines is 1. The van der Waals surface area contributed by atoms with Crippen LogP contribution in [0.2, 0.25) is 5.02 Å². The van der Waals surface area contributed by atoms with Gasteiger partial charge in [-0.05, 0) is 49.2 Å². The highest BCUT2D eigenvalue weighted by molar-refractivity contribution is 8.00. The molecule has 3 aromatic rings. The number of aromatic nitrogens is 1. The monoisotopic (exact) mass is 468 g/mol. The second kappa shape index (κ2) is 9.36. The summed E-state index contributed by atoms with van der Waals surface area (Å²) in [5.41, 5.74) is 0.697. The number of pyridine rings is 1. The Kier molecular flexibility index (Phi) is 7.01. The zero-order valence-electron chi connectivity index (χ0n) is 17.0. The minimum Gasteiger partial charge on any atom is -0.494 e. The molecule has 1 amide bonds. The molecule has 9 heteroatoms. The molecule has 0 aliphatic heterocycles. The molecule has 0 aliphatic rings. The highest BCUT2D eigenvalue weighted by Crippen LogP contribution is 2.35. The lowest BCUT2D eigenvalue weighted by Crippen LogP contribution is -2.25. The van der Waals surface area contributed by atoms with Crippen LogP contribution in [0.3, 0.4) is 0 Å². The number of para-hydroxylation sites is 1. The Labute approximate surface area is 187 Å². The minimum atomic E-state index is -4.53. The molecule has 31 heavy (non-hydrogen) atoms. The summed E-state index contributed by atoms with van der Waals surface area (Å²) in [6, 6.07) is 10.3. The Bertz CT molecular complexity index is 1120. The van der Waals surface area contributed by atoms with Crippen LogP contribution < -0.4 is 10.1 Å². The van der Waals surface area contributed by atoms with Gasteiger partial charge in [0.25, 0.3) is 0 Å². The maximum atomic E-state index is 13.0. The number of carbonyl (C=O) groups excluding carboxylic acids is 1. The number of fused-ring (bicyclic) bond motifs is 1. The van der Waals surface area contributed by atoms with Crippen LogP contribution in [0.1, 0.15) is 24.5 Å². The summed E-state index contributed by atoms with van der Waals surface area (Å²) in [6.45, 7) is 3.76. The molecule has 4 nitrogen and oxygen atoms in total. The van der Waals surface area contributed by atoms with E-state index in [1.807, 2.05) is 38.1 Å². The Morgan fingerprint density at radius 3 is 2.65 bits per heavy atom. The molecule has 1 heterocycles. The van der Waals surface area contributed by atoms with Crippen molar-refractivity contribution in [1.29, 1.82) is 0 Å². The Morgan fingerprint density at radius 2 is 2.00 bits per heavy atom. The van der Waals surface area contributed by atoms with Crippen molar-refractivity contribution >= 4 is 45.9 Å². The van der Waals surface area contributed by atoms with Crippen LogP contribution in [0.25, 0.3) is 10.9 Å². The van der Waals surface area contributed by atoms with Crippen LogP contribution in [0, 0.1) is 6.92 Å². The van der Waals surface area contributed by atoms with Crippen molar-refractivity contribution < 1.29 is 22.7 Å². The highest BCUT2D eigenvalue weighted by Gasteiger charge is 2.31. The minimum absolute atomic E-state index is 0.0330. The van der Waals surface area contributed by atoms with E-state index >= 15 is 0 Å². The van der Waals surface area contributed by atoms with E-state index in [1.54, 1.807) is 7.11 Å². The number of aryl methyl sites for hydroxylation is 1. The lowest BCUT2D eigenvalue weighted by atomic mass is 10.1. The third-order valence-electron chi connectivity index (χ3n) is 4.68. The highest BCUT2D eigenvalue weighted by atomic mass is 35.5. The SMILES string of the molecule is CCC(Sc1cc(C)c2cccc(OC)c2n1)C(=O)Nc1cc(C(F)(F)F)ccc1Cl. The van der Waals surface area contributed by atoms with E-state index < -0.39 is 22.9 Å². The third-order valence-corrected chi connectivity index (χ3v) is 6.30. The zero-order valence-corrected chi connectivity index (χ0v) is 18.6. The molecule has 1 N–H and O–H groups in total. The van der Waals surface area contributed by atoms with Crippen LogP contribution in [0.5, 0.6) is 5.75 Å². The predicted molar refractivity (Wildman–Crippen MR) is 118 cm³/mol. The molecule has 3 rings (SSSR count). The lowest BCUT2D eigenvalue weighted by Gasteiger charge is -2.17. The van der Waals surface area contributed by atoms with Gasteiger partial charge in [0.2, 0.25) is 5.91 Å². The van der Waals surface area contributed by atoms with E-state index in [0.29, 0.717) is 22.7 Å². The maximum Gasteiger partial charge on any atom is 0.416 e. The summed E-state index contributed by atoms with van der Waals surface area (Å²) in [6.07, 6.45) is -4.09. The van der Waals surface area contributed by atoms with Crippen molar-refractivity contribution in [3.8, 4) is 5.75 Å². The first kappa shape index (κ1) is 23.2. The molecular formula is C22H20ClF3N2O2S. The number of carbonyl (C=O) groups is 1. The van der Waals surface area contributed by atoms with Crippen LogP contribution >= 0.6 is 23.4 Å². The second-order valence-electron chi connectivity index (χ2n) is 6.83. The number of methoxy groups -OCH3 is 1. The second-order valence-corrected chi connectivity index (χ2v) is 8.46. The molecule has 1 atom stereocenters. The largest absolute Gasteiger partial charge is 0.494 e. The molecule has 0 fully saturated rings. The molecule has 0 saturated heterocycles. The van der Waals surface area contributed by atoms with Gasteiger partial charge in [-0.2, -0.15) is 13.2 Å². The van der Waals surface area contributed by atoms with E-state index in [0.717, 1.165) is 29.1 Å². The van der Waals surface area contributed by atoms with E-state index in [1.165, 1.54) is 11.8 Å². The number of ether oxygens (including phenoxy) is 1. The summed E-state index contributed by atoms with van der Waals surface area (Å²) in [7, 11) is 1.56. The number of thioether (sulfide) groups is 1. The first-order chi connectivity index (χ1) is 14.6. The van der Waals surface area contributed by atoms with Gasteiger partial charge in [0, 0.05) is 5.39 Å². The number of hydrogen-bond acceptors (Lipinski definition) is 4. The summed E-state index contributed by atoms with van der Waals surface area (Å²) in [5.74, 6) is 0.171. The number of nitrogens with zero attached hydrogens (tertiary/aromatic N) is 1. The van der Waals surface area contributed by atoms with Crippen molar-refractivity contribution in [2.75, 3.05) is 12.4 Å². The van der Waals surface area contributed by atoms with Crippen LogP contribution in [-0.4, -0.2) is 23.3 Å². The number of benzene rings is 2. The van der Waals surface area contributed by atoms with Crippen molar-refractivity contribution in [3.05, 3.63) is 58.6 Å². The van der Waals surface area contributed by atoms with Crippen molar-refractivity contribution in [2.24, 2.45) is 0 Å². The first-order valence-corrected chi connectivity index (χ1v) is 10.7. The van der Waals surface area contributed by atoms with Gasteiger partial charge in [0.1, 0.15) is 11.3 Å². The molecule has 0 radical (unpaired) electrons. The summed E-state index contributed by atoms with van der Waals surface area (Å²) < 4.78 is 44.4. The average Bonchev–Trinajstić information content (AvgIpc) is 2.72. The number of rotatable bonds is 6. The van der Waals surface area contributed by atoms with Crippen molar-refractivity contribution in [1.82, 2.24) is 4.98 Å². The summed E-state index contributed by atoms with van der Waals surface area (Å²) >= 11 is 7.24. The van der Waals surface area contributed by atoms with Crippen LogP contribution in [0.4, 0.5) is 18.9 Å². The zero-order chi connectivity index (χ0) is 22.8. The van der Waals surface area contributed by atoms with Crippen molar-refractivity contribution in [2.45, 2.75) is 36.7 Å². The molecule has 1 unspecified atom stereocenters. The number of hydrogen-bond donors (Lipinski definition) is 1. The van der Waals surface area contributed by atoms with Crippen LogP contribution in [-0.2, 0) is 11.0 Å². The van der Waals surface area contributed by atoms with E-state index in [9.17, 15) is 18.0 Å². The predicted octanol–water partition coefficient (Wildman–Crippen LogP) is 6.73. The first-order valence-electron chi connectivity index (χ1n) is 9.42. The number of halogens is 4. The number of nitrogens with one attached hydrogen (secondary N) is 1. The van der Waals surface area contributed by atoms with Gasteiger partial charge < -0.3 is 10.1 Å². The van der Waals surface area contributed by atoms with Crippen LogP contribution in [0.15, 0.2) is 47.5 Å². The molecule has 0 spiro atoms. The maximum absolute atomic E-state index is 13.0. The third kappa shape index (κ3) is 5.25. The van der Waals surface area contributed by atoms with Gasteiger partial charge in [0.05, 0.1) is 33.7 Å². The summed E-state index contributed by atoms with van der Waals surface area (Å²) in [5, 5.41) is 3.54. The molecule has 0 bridgehead atoms. The topological polar surface area (TPSA) is 51.2 Å².